The standard InChI is InChI=1S/C21H20FN3O/c1-15-4-2-3-5-17(15)14-25-21(26)20-12-19(10-11-23-20)24-13-16-6-8-18(22)9-7-16/h2-12H,13-14H2,1H3,(H,23,24)(H,25,26). The zero-order chi connectivity index (χ0) is 18.4. The van der Waals surface area contributed by atoms with Gasteiger partial charge in [0.15, 0.2) is 0 Å². The smallest absolute Gasteiger partial charge is 0.270 e. The SMILES string of the molecule is Cc1ccccc1CNC(=O)c1cc(NCc2ccc(F)cc2)ccn1. The maximum absolute atomic E-state index is 12.9. The number of halogens is 1. The molecule has 0 spiro atoms. The Bertz CT molecular complexity index is 894. The topological polar surface area (TPSA) is 54.0 Å². The van der Waals surface area contributed by atoms with Crippen molar-refractivity contribution >= 4 is 11.6 Å². The van der Waals surface area contributed by atoms with Crippen LogP contribution in [0.5, 0.6) is 0 Å². The van der Waals surface area contributed by atoms with Crippen molar-refractivity contribution in [3.63, 3.8) is 0 Å². The number of hydrogen-bond acceptors (Lipinski definition) is 3. The molecule has 0 radical (unpaired) electrons. The number of carbonyl (C=O) groups is 1. The molecule has 0 aliphatic carbocycles. The molecule has 2 N–H and O–H groups in total. The van der Waals surface area contributed by atoms with Crippen LogP contribution >= 0.6 is 0 Å². The van der Waals surface area contributed by atoms with Gasteiger partial charge >= 0.3 is 0 Å². The van der Waals surface area contributed by atoms with E-state index in [9.17, 15) is 9.18 Å². The van der Waals surface area contributed by atoms with Gasteiger partial charge in [-0.05, 0) is 47.9 Å². The van der Waals surface area contributed by atoms with E-state index in [4.69, 9.17) is 0 Å². The van der Waals surface area contributed by atoms with Gasteiger partial charge in [-0.3, -0.25) is 9.78 Å². The second kappa shape index (κ2) is 8.25. The van der Waals surface area contributed by atoms with Crippen molar-refractivity contribution < 1.29 is 9.18 Å². The number of nitrogens with one attached hydrogen (secondary N) is 2. The molecule has 132 valence electrons. The van der Waals surface area contributed by atoms with E-state index in [1.54, 1.807) is 30.5 Å². The minimum Gasteiger partial charge on any atom is -0.381 e. The first-order valence-corrected chi connectivity index (χ1v) is 8.39. The fourth-order valence-corrected chi connectivity index (χ4v) is 2.55. The van der Waals surface area contributed by atoms with Gasteiger partial charge in [0, 0.05) is 25.0 Å². The third kappa shape index (κ3) is 4.66. The normalized spacial score (nSPS) is 10.4. The largest absolute Gasteiger partial charge is 0.381 e. The van der Waals surface area contributed by atoms with E-state index in [1.165, 1.54) is 12.1 Å². The maximum Gasteiger partial charge on any atom is 0.270 e. The predicted molar refractivity (Wildman–Crippen MR) is 100 cm³/mol. The van der Waals surface area contributed by atoms with Crippen LogP contribution in [0.1, 0.15) is 27.2 Å². The van der Waals surface area contributed by atoms with Crippen molar-refractivity contribution in [3.05, 3.63) is 95.1 Å². The molecule has 5 heteroatoms. The number of rotatable bonds is 6. The molecule has 1 aromatic heterocycles. The lowest BCUT2D eigenvalue weighted by Crippen LogP contribution is -2.24. The highest BCUT2D eigenvalue weighted by Crippen LogP contribution is 2.12. The molecule has 1 heterocycles. The molecular weight excluding hydrogens is 329 g/mol. The summed E-state index contributed by atoms with van der Waals surface area (Å²) in [4.78, 5) is 16.5. The van der Waals surface area contributed by atoms with Crippen molar-refractivity contribution in [2.24, 2.45) is 0 Å². The Morgan fingerprint density at radius 2 is 1.81 bits per heavy atom. The predicted octanol–water partition coefficient (Wildman–Crippen LogP) is 4.07. The Morgan fingerprint density at radius 3 is 2.58 bits per heavy atom. The van der Waals surface area contributed by atoms with Crippen molar-refractivity contribution in [1.29, 1.82) is 0 Å². The quantitative estimate of drug-likeness (QED) is 0.705. The molecule has 3 aromatic rings. The average Bonchev–Trinajstić information content (AvgIpc) is 2.67. The summed E-state index contributed by atoms with van der Waals surface area (Å²) >= 11 is 0. The van der Waals surface area contributed by atoms with Gasteiger partial charge in [-0.1, -0.05) is 36.4 Å². The minimum atomic E-state index is -0.259. The number of amides is 1. The highest BCUT2D eigenvalue weighted by molar-refractivity contribution is 5.93. The van der Waals surface area contributed by atoms with Gasteiger partial charge in [0.25, 0.3) is 5.91 Å². The van der Waals surface area contributed by atoms with Crippen LogP contribution in [0.3, 0.4) is 0 Å². The van der Waals surface area contributed by atoms with Gasteiger partial charge in [-0.2, -0.15) is 0 Å². The van der Waals surface area contributed by atoms with E-state index >= 15 is 0 Å². The zero-order valence-corrected chi connectivity index (χ0v) is 14.5. The summed E-state index contributed by atoms with van der Waals surface area (Å²) in [6.07, 6.45) is 1.59. The number of carbonyl (C=O) groups excluding carboxylic acids is 1. The number of aromatic nitrogens is 1. The zero-order valence-electron chi connectivity index (χ0n) is 14.5. The summed E-state index contributed by atoms with van der Waals surface area (Å²) in [5.41, 5.74) is 4.30. The lowest BCUT2D eigenvalue weighted by Gasteiger charge is -2.10. The molecular formula is C21H20FN3O. The molecule has 26 heavy (non-hydrogen) atoms. The summed E-state index contributed by atoms with van der Waals surface area (Å²) in [6, 6.07) is 17.7. The van der Waals surface area contributed by atoms with Crippen LogP contribution in [-0.2, 0) is 13.1 Å². The number of nitrogens with zero attached hydrogens (tertiary/aromatic N) is 1. The molecule has 3 rings (SSSR count). The summed E-state index contributed by atoms with van der Waals surface area (Å²) < 4.78 is 12.9. The second-order valence-electron chi connectivity index (χ2n) is 6.02. The average molecular weight is 349 g/mol. The molecule has 0 atom stereocenters. The summed E-state index contributed by atoms with van der Waals surface area (Å²) in [7, 11) is 0. The minimum absolute atomic E-state index is 0.223. The number of anilines is 1. The number of aryl methyl sites for hydroxylation is 1. The van der Waals surface area contributed by atoms with Gasteiger partial charge < -0.3 is 10.6 Å². The van der Waals surface area contributed by atoms with Crippen LogP contribution in [0.2, 0.25) is 0 Å². The molecule has 0 aliphatic heterocycles. The molecule has 0 fully saturated rings. The van der Waals surface area contributed by atoms with Crippen molar-refractivity contribution in [3.8, 4) is 0 Å². The van der Waals surface area contributed by atoms with Crippen molar-refractivity contribution in [1.82, 2.24) is 10.3 Å². The van der Waals surface area contributed by atoms with Crippen molar-refractivity contribution in [2.75, 3.05) is 5.32 Å². The van der Waals surface area contributed by atoms with E-state index < -0.39 is 0 Å². The van der Waals surface area contributed by atoms with Crippen LogP contribution in [0, 0.1) is 12.7 Å². The van der Waals surface area contributed by atoms with E-state index in [-0.39, 0.29) is 11.7 Å². The molecule has 1 amide bonds. The highest BCUT2D eigenvalue weighted by atomic mass is 19.1. The van der Waals surface area contributed by atoms with Crippen molar-refractivity contribution in [2.45, 2.75) is 20.0 Å². The molecule has 2 aromatic carbocycles. The first kappa shape index (κ1) is 17.6. The summed E-state index contributed by atoms with van der Waals surface area (Å²) in [5.74, 6) is -0.482. The van der Waals surface area contributed by atoms with E-state index in [1.807, 2.05) is 31.2 Å². The summed E-state index contributed by atoms with van der Waals surface area (Å²) in [5, 5.41) is 6.11. The molecule has 0 unspecified atom stereocenters. The van der Waals surface area contributed by atoms with Crippen LogP contribution in [0.15, 0.2) is 66.9 Å². The Morgan fingerprint density at radius 1 is 1.04 bits per heavy atom. The number of hydrogen-bond donors (Lipinski definition) is 2. The van der Waals surface area contributed by atoms with Gasteiger partial charge in [0.1, 0.15) is 11.5 Å². The first-order valence-electron chi connectivity index (χ1n) is 8.39. The maximum atomic E-state index is 12.9. The Hall–Kier alpha value is -3.21. The van der Waals surface area contributed by atoms with E-state index in [0.717, 1.165) is 22.4 Å². The van der Waals surface area contributed by atoms with Crippen LogP contribution in [-0.4, -0.2) is 10.9 Å². The lowest BCUT2D eigenvalue weighted by molar-refractivity contribution is 0.0946. The van der Waals surface area contributed by atoms with Crippen LogP contribution in [0.25, 0.3) is 0 Å². The Balaban J connectivity index is 1.60. The number of pyridine rings is 1. The molecule has 0 saturated heterocycles. The third-order valence-electron chi connectivity index (χ3n) is 4.10. The third-order valence-corrected chi connectivity index (χ3v) is 4.10. The van der Waals surface area contributed by atoms with Crippen LogP contribution < -0.4 is 10.6 Å². The molecule has 0 aliphatic rings. The first-order chi connectivity index (χ1) is 12.6. The summed E-state index contributed by atoms with van der Waals surface area (Å²) in [6.45, 7) is 3.01. The van der Waals surface area contributed by atoms with E-state index in [0.29, 0.717) is 18.8 Å². The second-order valence-corrected chi connectivity index (χ2v) is 6.02. The van der Waals surface area contributed by atoms with Gasteiger partial charge in [-0.15, -0.1) is 0 Å². The lowest BCUT2D eigenvalue weighted by atomic mass is 10.1. The Labute approximate surface area is 152 Å². The van der Waals surface area contributed by atoms with Gasteiger partial charge in [0.05, 0.1) is 0 Å². The van der Waals surface area contributed by atoms with Gasteiger partial charge in [-0.25, -0.2) is 4.39 Å². The Kier molecular flexibility index (Phi) is 5.59. The van der Waals surface area contributed by atoms with E-state index in [2.05, 4.69) is 15.6 Å². The molecule has 4 nitrogen and oxygen atoms in total. The van der Waals surface area contributed by atoms with Crippen LogP contribution in [0.4, 0.5) is 10.1 Å². The molecule has 0 saturated carbocycles. The fraction of sp³-hybridized carbons (Fsp3) is 0.143. The van der Waals surface area contributed by atoms with Gasteiger partial charge in [0.2, 0.25) is 0 Å². The number of benzene rings is 2. The monoisotopic (exact) mass is 349 g/mol. The highest BCUT2D eigenvalue weighted by Gasteiger charge is 2.08. The molecule has 0 bridgehead atoms. The fourth-order valence-electron chi connectivity index (χ4n) is 2.55.